The van der Waals surface area contributed by atoms with Gasteiger partial charge in [0.05, 0.1) is 17.0 Å². The van der Waals surface area contributed by atoms with E-state index in [-0.39, 0.29) is 13.8 Å². The summed E-state index contributed by atoms with van der Waals surface area (Å²) < 4.78 is 1.68. The maximum atomic E-state index is 10.9. The third kappa shape index (κ3) is 8.11. The third-order valence-corrected chi connectivity index (χ3v) is 13.8. The molecule has 1 heterocycles. The van der Waals surface area contributed by atoms with E-state index in [4.69, 9.17) is 19.4 Å². The summed E-state index contributed by atoms with van der Waals surface area (Å²) in [5.41, 5.74) is 3.68. The molecule has 1 saturated heterocycles. The van der Waals surface area contributed by atoms with Gasteiger partial charge in [-0.3, -0.25) is 0 Å². The molecule has 4 aliphatic rings. The summed E-state index contributed by atoms with van der Waals surface area (Å²) in [6, 6.07) is 0. The number of hydrogen-bond donors (Lipinski definition) is 0. The molecule has 0 atom stereocenters. The Bertz CT molecular complexity index is 482. The molecule has 1 aliphatic heterocycles. The predicted octanol–water partition coefficient (Wildman–Crippen LogP) is 7.49. The number of amides is 1. The fourth-order valence-corrected chi connectivity index (χ4v) is 13.3. The Morgan fingerprint density at radius 1 is 0.724 bits per heavy atom. The number of likely N-dealkylation sites (tertiary alicyclic amines) is 1. The number of halogens is 2. The van der Waals surface area contributed by atoms with Gasteiger partial charge in [-0.2, -0.15) is 0 Å². The first kappa shape index (κ1) is 24.6. The molecule has 4 fully saturated rings. The monoisotopic (exact) mass is 550 g/mol. The van der Waals surface area contributed by atoms with Crippen LogP contribution in [0.25, 0.3) is 0 Å². The molecule has 0 N–H and O–H groups in total. The SMILES string of the molecule is C1CCC([PH+](C2CCCCC2)C2CCCCC2)CC1.O=C1CCCN1[CH]=[Ru]([Cl])[Cl]. The number of hydrogen-bond acceptors (Lipinski definition) is 1. The Hall–Kier alpha value is 0.973. The van der Waals surface area contributed by atoms with Gasteiger partial charge in [0, 0.05) is 7.92 Å². The van der Waals surface area contributed by atoms with Gasteiger partial charge >= 0.3 is 72.6 Å². The van der Waals surface area contributed by atoms with E-state index in [9.17, 15) is 4.79 Å². The van der Waals surface area contributed by atoms with Gasteiger partial charge in [0.25, 0.3) is 0 Å². The summed E-state index contributed by atoms with van der Waals surface area (Å²) in [5, 5.41) is 0. The number of carbonyl (C=O) groups excluding carboxylic acids is 1. The van der Waals surface area contributed by atoms with Crippen LogP contribution in [0, 0.1) is 0 Å². The summed E-state index contributed by atoms with van der Waals surface area (Å²) in [5.74, 6) is 0.153. The van der Waals surface area contributed by atoms with Crippen molar-refractivity contribution < 1.29 is 18.3 Å². The number of rotatable bonds is 4. The van der Waals surface area contributed by atoms with Gasteiger partial charge in [-0.1, -0.05) is 19.3 Å². The van der Waals surface area contributed by atoms with Crippen LogP contribution < -0.4 is 0 Å². The Labute approximate surface area is 193 Å². The van der Waals surface area contributed by atoms with E-state index >= 15 is 0 Å². The molecule has 0 unspecified atom stereocenters. The van der Waals surface area contributed by atoms with Gasteiger partial charge in [-0.25, -0.2) is 0 Å². The van der Waals surface area contributed by atoms with Crippen LogP contribution >= 0.6 is 27.3 Å². The molecule has 6 heteroatoms. The van der Waals surface area contributed by atoms with Crippen molar-refractivity contribution in [2.75, 3.05) is 6.54 Å². The van der Waals surface area contributed by atoms with Gasteiger partial charge in [-0.05, 0) is 77.0 Å². The van der Waals surface area contributed by atoms with Crippen LogP contribution in [0.15, 0.2) is 0 Å². The fraction of sp³-hybridized carbons (Fsp3) is 0.913. The van der Waals surface area contributed by atoms with Gasteiger partial charge in [0.2, 0.25) is 0 Å². The summed E-state index contributed by atoms with van der Waals surface area (Å²) in [6.07, 6.45) is 25.4. The molecular formula is C23H41Cl2NOPRu+. The molecular weight excluding hydrogens is 509 g/mol. The van der Waals surface area contributed by atoms with Crippen molar-refractivity contribution in [1.82, 2.24) is 4.90 Å². The molecule has 1 amide bonds. The molecule has 0 radical (unpaired) electrons. The second-order valence-electron chi connectivity index (χ2n) is 9.49. The van der Waals surface area contributed by atoms with Crippen molar-refractivity contribution in [1.29, 1.82) is 0 Å². The normalized spacial score (nSPS) is 25.7. The van der Waals surface area contributed by atoms with E-state index in [2.05, 4.69) is 0 Å². The quantitative estimate of drug-likeness (QED) is 0.262. The van der Waals surface area contributed by atoms with Crippen molar-refractivity contribution in [2.24, 2.45) is 0 Å². The van der Waals surface area contributed by atoms with Crippen molar-refractivity contribution in [2.45, 2.75) is 126 Å². The van der Waals surface area contributed by atoms with E-state index in [1.165, 1.54) is 17.0 Å². The van der Waals surface area contributed by atoms with Crippen LogP contribution in [0.1, 0.15) is 109 Å². The fourth-order valence-electron chi connectivity index (χ4n) is 6.16. The van der Waals surface area contributed by atoms with Crippen LogP contribution in [0.4, 0.5) is 0 Å². The van der Waals surface area contributed by atoms with Crippen LogP contribution in [-0.2, 0) is 18.3 Å². The van der Waals surface area contributed by atoms with E-state index in [0.717, 1.165) is 13.0 Å². The first-order chi connectivity index (χ1) is 14.1. The van der Waals surface area contributed by atoms with Crippen molar-refractivity contribution in [3.8, 4) is 0 Å². The molecule has 4 rings (SSSR count). The molecule has 0 bridgehead atoms. The standard InChI is InChI=1S/C18H33P.C5H7NO.2ClH.Ru/c1-4-10-16(11-5-1)19(17-12-6-2-7-13-17)18-14-8-3-9-15-18;1-6-4-2-3-5(6)7;;;/h16-18H,1-15H2;1H,2-4H2;2*1H;/q;;;;+2/p-1. The van der Waals surface area contributed by atoms with Gasteiger partial charge in [-0.15, -0.1) is 0 Å². The minimum atomic E-state index is -1.78. The van der Waals surface area contributed by atoms with Gasteiger partial charge in [0.1, 0.15) is 0 Å². The second-order valence-corrected chi connectivity index (χ2v) is 18.6. The Morgan fingerprint density at radius 2 is 1.14 bits per heavy atom. The van der Waals surface area contributed by atoms with Gasteiger partial charge < -0.3 is 0 Å². The molecule has 3 saturated carbocycles. The number of carbonyl (C=O) groups is 1. The van der Waals surface area contributed by atoms with Crippen LogP contribution in [0.2, 0.25) is 0 Å². The Kier molecular flexibility index (Phi) is 11.5. The summed E-state index contributed by atoms with van der Waals surface area (Å²) in [7, 11) is 11.1. The van der Waals surface area contributed by atoms with Crippen LogP contribution in [0.5, 0.6) is 0 Å². The van der Waals surface area contributed by atoms with E-state index in [1.807, 2.05) is 0 Å². The molecule has 3 aliphatic carbocycles. The molecule has 170 valence electrons. The molecule has 0 aromatic rings. The zero-order chi connectivity index (χ0) is 20.5. The van der Waals surface area contributed by atoms with Crippen molar-refractivity contribution in [3.05, 3.63) is 0 Å². The first-order valence-corrected chi connectivity index (χ1v) is 19.4. The molecule has 0 aromatic heterocycles. The van der Waals surface area contributed by atoms with Crippen molar-refractivity contribution in [3.63, 3.8) is 0 Å². The summed E-state index contributed by atoms with van der Waals surface area (Å²) >= 11 is -1.78. The second kappa shape index (κ2) is 13.5. The van der Waals surface area contributed by atoms with E-state index in [1.54, 1.807) is 106 Å². The predicted molar refractivity (Wildman–Crippen MR) is 128 cm³/mol. The average molecular weight is 551 g/mol. The summed E-state index contributed by atoms with van der Waals surface area (Å²) in [6.45, 7) is 0.795. The molecule has 0 spiro atoms. The van der Waals surface area contributed by atoms with E-state index in [0.29, 0.717) is 6.42 Å². The molecule has 2 nitrogen and oxygen atoms in total. The minimum absolute atomic E-state index is 0.0465. The zero-order valence-electron chi connectivity index (χ0n) is 18.0. The molecule has 29 heavy (non-hydrogen) atoms. The van der Waals surface area contributed by atoms with Gasteiger partial charge in [0.15, 0.2) is 0 Å². The third-order valence-electron chi connectivity index (χ3n) is 7.52. The Balaban J connectivity index is 0.000000204. The van der Waals surface area contributed by atoms with E-state index < -0.39 is 13.5 Å². The van der Waals surface area contributed by atoms with Crippen LogP contribution in [0.3, 0.4) is 0 Å². The number of nitrogens with zero attached hydrogens (tertiary/aromatic N) is 1. The Morgan fingerprint density at radius 3 is 1.45 bits per heavy atom. The first-order valence-electron chi connectivity index (χ1n) is 12.1. The summed E-state index contributed by atoms with van der Waals surface area (Å²) in [4.78, 5) is 12.5. The average Bonchev–Trinajstić information content (AvgIpc) is 3.15. The topological polar surface area (TPSA) is 20.3 Å². The van der Waals surface area contributed by atoms with Crippen molar-refractivity contribution >= 4 is 37.9 Å². The zero-order valence-corrected chi connectivity index (χ0v) is 22.3. The maximum absolute atomic E-state index is 10.9. The molecule has 0 aromatic carbocycles. The van der Waals surface area contributed by atoms with Crippen LogP contribution in [-0.4, -0.2) is 39.1 Å².